The van der Waals surface area contributed by atoms with Crippen molar-refractivity contribution in [1.29, 1.82) is 0 Å². The minimum Gasteiger partial charge on any atom is -0.352 e. The summed E-state index contributed by atoms with van der Waals surface area (Å²) in [6.07, 6.45) is 9.72. The van der Waals surface area contributed by atoms with E-state index in [0.717, 1.165) is 30.4 Å². The predicted molar refractivity (Wildman–Crippen MR) is 160 cm³/mol. The maximum Gasteiger partial charge on any atom is 0.244 e. The van der Waals surface area contributed by atoms with E-state index in [2.05, 4.69) is 95.5 Å². The fourth-order valence-electron chi connectivity index (χ4n) is 5.81. The first kappa shape index (κ1) is 29.4. The van der Waals surface area contributed by atoms with Crippen molar-refractivity contribution >= 4 is 24.0 Å². The van der Waals surface area contributed by atoms with Gasteiger partial charge in [0, 0.05) is 24.7 Å². The normalized spacial score (nSPS) is 21.3. The van der Waals surface area contributed by atoms with Gasteiger partial charge < -0.3 is 10.6 Å². The van der Waals surface area contributed by atoms with Gasteiger partial charge >= 0.3 is 0 Å². The third kappa shape index (κ3) is 9.01. The lowest BCUT2D eigenvalue weighted by atomic mass is 9.62. The molecule has 2 atom stereocenters. The predicted octanol–water partition coefficient (Wildman–Crippen LogP) is 7.48. The fraction of sp³-hybridized carbons (Fsp3) is 0.471. The molecule has 0 aliphatic heterocycles. The second kappa shape index (κ2) is 12.6. The molecule has 4 nitrogen and oxygen atoms in total. The summed E-state index contributed by atoms with van der Waals surface area (Å²) in [4.78, 5) is 25.3. The first-order chi connectivity index (χ1) is 17.8. The van der Waals surface area contributed by atoms with Gasteiger partial charge in [-0.1, -0.05) is 97.0 Å². The molecule has 2 amide bonds. The number of nitrogens with one attached hydrogen (secondary N) is 2. The van der Waals surface area contributed by atoms with E-state index in [-0.39, 0.29) is 28.7 Å². The molecule has 2 aromatic rings. The molecule has 1 saturated carbocycles. The molecule has 1 fully saturated rings. The van der Waals surface area contributed by atoms with Crippen LogP contribution in [0.15, 0.2) is 60.7 Å². The van der Waals surface area contributed by atoms with E-state index in [4.69, 9.17) is 0 Å². The van der Waals surface area contributed by atoms with Gasteiger partial charge in [0.15, 0.2) is 0 Å². The molecule has 2 aromatic carbocycles. The van der Waals surface area contributed by atoms with Gasteiger partial charge in [-0.15, -0.1) is 0 Å². The first-order valence-corrected chi connectivity index (χ1v) is 14.0. The molecule has 1 aliphatic carbocycles. The van der Waals surface area contributed by atoms with Crippen LogP contribution in [-0.2, 0) is 9.59 Å². The van der Waals surface area contributed by atoms with Crippen molar-refractivity contribution < 1.29 is 9.59 Å². The molecule has 0 bridgehead atoms. The van der Waals surface area contributed by atoms with E-state index in [1.807, 2.05) is 24.3 Å². The van der Waals surface area contributed by atoms with Crippen molar-refractivity contribution in [2.24, 2.45) is 10.8 Å². The van der Waals surface area contributed by atoms with Gasteiger partial charge in [-0.05, 0) is 76.3 Å². The maximum atomic E-state index is 12.7. The Kier molecular flexibility index (Phi) is 9.76. The highest BCUT2D eigenvalue weighted by atomic mass is 16.2. The number of amides is 2. The topological polar surface area (TPSA) is 58.2 Å². The molecule has 0 saturated heterocycles. The molecule has 0 spiro atoms. The van der Waals surface area contributed by atoms with Crippen LogP contribution in [0.4, 0.5) is 0 Å². The lowest BCUT2D eigenvalue weighted by Crippen LogP contribution is -2.50. The Morgan fingerprint density at radius 3 is 1.74 bits per heavy atom. The van der Waals surface area contributed by atoms with Crippen LogP contribution in [0.2, 0.25) is 0 Å². The minimum atomic E-state index is -0.0987. The molecule has 2 N–H and O–H groups in total. The summed E-state index contributed by atoms with van der Waals surface area (Å²) < 4.78 is 0. The van der Waals surface area contributed by atoms with Gasteiger partial charge in [0.05, 0.1) is 0 Å². The molecule has 2 unspecified atom stereocenters. The van der Waals surface area contributed by atoms with Gasteiger partial charge in [0.25, 0.3) is 0 Å². The van der Waals surface area contributed by atoms with Crippen LogP contribution < -0.4 is 10.6 Å². The van der Waals surface area contributed by atoms with Crippen LogP contribution in [0.25, 0.3) is 12.2 Å². The molecule has 3 rings (SSSR count). The Morgan fingerprint density at radius 1 is 0.789 bits per heavy atom. The van der Waals surface area contributed by atoms with Crippen molar-refractivity contribution in [3.63, 3.8) is 0 Å². The Hall–Kier alpha value is -3.14. The van der Waals surface area contributed by atoms with Crippen molar-refractivity contribution in [3.8, 4) is 0 Å². The summed E-state index contributed by atoms with van der Waals surface area (Å²) in [6.45, 7) is 16.0. The van der Waals surface area contributed by atoms with Crippen LogP contribution >= 0.6 is 0 Å². The molecule has 4 heteroatoms. The summed E-state index contributed by atoms with van der Waals surface area (Å²) >= 11 is 0. The van der Waals surface area contributed by atoms with Crippen molar-refractivity contribution in [2.45, 2.75) is 85.6 Å². The van der Waals surface area contributed by atoms with E-state index in [1.54, 1.807) is 12.2 Å². The third-order valence-corrected chi connectivity index (χ3v) is 7.54. The van der Waals surface area contributed by atoms with Gasteiger partial charge in [-0.2, -0.15) is 0 Å². The quantitative estimate of drug-likeness (QED) is 0.341. The van der Waals surface area contributed by atoms with Crippen molar-refractivity contribution in [2.75, 3.05) is 6.54 Å². The number of carbonyl (C=O) groups is 2. The lowest BCUT2D eigenvalue weighted by Gasteiger charge is -2.46. The van der Waals surface area contributed by atoms with E-state index >= 15 is 0 Å². The monoisotopic (exact) mass is 514 g/mol. The first-order valence-electron chi connectivity index (χ1n) is 14.0. The second-order valence-corrected chi connectivity index (χ2v) is 12.8. The number of benzene rings is 2. The molecule has 0 heterocycles. The average Bonchev–Trinajstić information content (AvgIpc) is 2.84. The van der Waals surface area contributed by atoms with E-state index in [0.29, 0.717) is 18.4 Å². The Morgan fingerprint density at radius 2 is 1.26 bits per heavy atom. The Labute approximate surface area is 230 Å². The fourth-order valence-corrected chi connectivity index (χ4v) is 5.81. The highest BCUT2D eigenvalue weighted by molar-refractivity contribution is 5.92. The number of hydrogen-bond acceptors (Lipinski definition) is 2. The molecule has 0 radical (unpaired) electrons. The maximum absolute atomic E-state index is 12.7. The SMILES string of the molecule is CC(C)c1ccc(C=CC(=O)NCC2(C)CC(NC(=O)C=Cc3ccc(C(C)C)cc3)CC(C)(C)C2)cc1. The van der Waals surface area contributed by atoms with E-state index in [1.165, 1.54) is 11.1 Å². The summed E-state index contributed by atoms with van der Waals surface area (Å²) in [6, 6.07) is 16.7. The van der Waals surface area contributed by atoms with Gasteiger partial charge in [0.2, 0.25) is 11.8 Å². The van der Waals surface area contributed by atoms with E-state index in [9.17, 15) is 9.59 Å². The number of carbonyl (C=O) groups excluding carboxylic acids is 2. The highest BCUT2D eigenvalue weighted by Crippen LogP contribution is 2.45. The van der Waals surface area contributed by atoms with Crippen LogP contribution in [0.5, 0.6) is 0 Å². The van der Waals surface area contributed by atoms with Crippen LogP contribution in [-0.4, -0.2) is 24.4 Å². The Balaban J connectivity index is 1.55. The molecule has 204 valence electrons. The second-order valence-electron chi connectivity index (χ2n) is 12.8. The zero-order chi connectivity index (χ0) is 27.9. The summed E-state index contributed by atoms with van der Waals surface area (Å²) in [5, 5.41) is 6.33. The summed E-state index contributed by atoms with van der Waals surface area (Å²) in [5.41, 5.74) is 4.58. The average molecular weight is 515 g/mol. The van der Waals surface area contributed by atoms with Crippen molar-refractivity contribution in [3.05, 3.63) is 82.9 Å². The highest BCUT2D eigenvalue weighted by Gasteiger charge is 2.41. The Bertz CT molecular complexity index is 1140. The van der Waals surface area contributed by atoms with Crippen LogP contribution in [0, 0.1) is 10.8 Å². The zero-order valence-corrected chi connectivity index (χ0v) is 24.3. The van der Waals surface area contributed by atoms with Gasteiger partial charge in [-0.3, -0.25) is 9.59 Å². The summed E-state index contributed by atoms with van der Waals surface area (Å²) in [5.74, 6) is 0.819. The molecule has 38 heavy (non-hydrogen) atoms. The minimum absolute atomic E-state index is 0.0659. The smallest absolute Gasteiger partial charge is 0.244 e. The van der Waals surface area contributed by atoms with Crippen molar-refractivity contribution in [1.82, 2.24) is 10.6 Å². The molecule has 1 aliphatic rings. The third-order valence-electron chi connectivity index (χ3n) is 7.54. The lowest BCUT2D eigenvalue weighted by molar-refractivity contribution is -0.119. The molecular weight excluding hydrogens is 468 g/mol. The van der Waals surface area contributed by atoms with Gasteiger partial charge in [0.1, 0.15) is 0 Å². The zero-order valence-electron chi connectivity index (χ0n) is 24.3. The number of hydrogen-bond donors (Lipinski definition) is 2. The van der Waals surface area contributed by atoms with Crippen LogP contribution in [0.3, 0.4) is 0 Å². The largest absolute Gasteiger partial charge is 0.352 e. The van der Waals surface area contributed by atoms with Gasteiger partial charge in [-0.25, -0.2) is 0 Å². The molecule has 0 aromatic heterocycles. The van der Waals surface area contributed by atoms with E-state index < -0.39 is 0 Å². The standard InChI is InChI=1S/C34H46N2O2/c1-24(2)28-14-8-26(9-15-28)12-18-31(37)35-23-34(7)21-30(20-33(5,6)22-34)36-32(38)19-13-27-10-16-29(17-11-27)25(3)4/h8-19,24-25,30H,20-23H2,1-7H3,(H,35,37)(H,36,38). The molecular formula is C34H46N2O2. The van der Waals surface area contributed by atoms with Crippen LogP contribution in [0.1, 0.15) is 102 Å². The summed E-state index contributed by atoms with van der Waals surface area (Å²) in [7, 11) is 0. The number of rotatable bonds is 9.